The van der Waals surface area contributed by atoms with Crippen molar-refractivity contribution in [1.82, 2.24) is 4.90 Å². The molecule has 0 amide bonds. The van der Waals surface area contributed by atoms with Gasteiger partial charge < -0.3 is 9.52 Å². The molecule has 0 radical (unpaired) electrons. The second kappa shape index (κ2) is 6.80. The van der Waals surface area contributed by atoms with E-state index in [0.29, 0.717) is 11.5 Å². The lowest BCUT2D eigenvalue weighted by molar-refractivity contribution is -0.0618. The summed E-state index contributed by atoms with van der Waals surface area (Å²) < 4.78 is 5.98. The molecule has 2 aromatic rings. The molecule has 4 nitrogen and oxygen atoms in total. The summed E-state index contributed by atoms with van der Waals surface area (Å²) in [5, 5.41) is 19.7. The summed E-state index contributed by atoms with van der Waals surface area (Å²) in [5.74, 6) is 1.92. The first kappa shape index (κ1) is 16.8. The number of benzene rings is 1. The van der Waals surface area contributed by atoms with Crippen LogP contribution in [0.5, 0.6) is 0 Å². The normalized spacial score (nSPS) is 24.7. The van der Waals surface area contributed by atoms with Crippen LogP contribution in [0.25, 0.3) is 11.3 Å². The van der Waals surface area contributed by atoms with Crippen molar-refractivity contribution in [3.8, 4) is 17.4 Å². The monoisotopic (exact) mass is 324 g/mol. The van der Waals surface area contributed by atoms with Gasteiger partial charge in [-0.3, -0.25) is 4.90 Å². The Kier molecular flexibility index (Phi) is 4.75. The highest BCUT2D eigenvalue weighted by Crippen LogP contribution is 2.31. The van der Waals surface area contributed by atoms with E-state index < -0.39 is 5.60 Å². The molecule has 0 aliphatic carbocycles. The van der Waals surface area contributed by atoms with Gasteiger partial charge in [0.1, 0.15) is 11.5 Å². The smallest absolute Gasteiger partial charge is 0.135 e. The van der Waals surface area contributed by atoms with Crippen molar-refractivity contribution in [1.29, 1.82) is 5.26 Å². The Morgan fingerprint density at radius 3 is 2.88 bits per heavy atom. The van der Waals surface area contributed by atoms with Gasteiger partial charge in [0, 0.05) is 18.7 Å². The predicted octanol–water partition coefficient (Wildman–Crippen LogP) is 3.80. The third kappa shape index (κ3) is 3.38. The zero-order chi connectivity index (χ0) is 17.2. The van der Waals surface area contributed by atoms with E-state index in [2.05, 4.69) is 17.9 Å². The number of furan rings is 1. The van der Waals surface area contributed by atoms with E-state index in [0.717, 1.165) is 49.6 Å². The molecule has 1 aliphatic heterocycles. The summed E-state index contributed by atoms with van der Waals surface area (Å²) >= 11 is 0. The van der Waals surface area contributed by atoms with Crippen LogP contribution in [0.4, 0.5) is 0 Å². The van der Waals surface area contributed by atoms with Gasteiger partial charge in [0.05, 0.1) is 23.8 Å². The van der Waals surface area contributed by atoms with E-state index in [1.807, 2.05) is 37.3 Å². The fourth-order valence-corrected chi connectivity index (χ4v) is 3.52. The Labute approximate surface area is 143 Å². The van der Waals surface area contributed by atoms with Crippen molar-refractivity contribution < 1.29 is 9.52 Å². The molecule has 4 heteroatoms. The third-order valence-electron chi connectivity index (χ3n) is 5.14. The molecule has 126 valence electrons. The van der Waals surface area contributed by atoms with Gasteiger partial charge in [-0.15, -0.1) is 0 Å². The first-order valence-corrected chi connectivity index (χ1v) is 8.56. The summed E-state index contributed by atoms with van der Waals surface area (Å²) in [7, 11) is 0. The van der Waals surface area contributed by atoms with Crippen LogP contribution in [0.3, 0.4) is 0 Å². The predicted molar refractivity (Wildman–Crippen MR) is 93.2 cm³/mol. The van der Waals surface area contributed by atoms with E-state index in [1.54, 1.807) is 6.07 Å². The highest BCUT2D eigenvalue weighted by molar-refractivity contribution is 5.66. The minimum Gasteiger partial charge on any atom is -0.460 e. The van der Waals surface area contributed by atoms with Gasteiger partial charge in [0.25, 0.3) is 0 Å². The van der Waals surface area contributed by atoms with E-state index in [4.69, 9.17) is 4.42 Å². The molecule has 0 saturated carbocycles. The summed E-state index contributed by atoms with van der Waals surface area (Å²) in [6.07, 6.45) is 1.76. The molecule has 2 atom stereocenters. The average molecular weight is 324 g/mol. The van der Waals surface area contributed by atoms with Crippen LogP contribution >= 0.6 is 0 Å². The van der Waals surface area contributed by atoms with Gasteiger partial charge in [-0.2, -0.15) is 5.26 Å². The molecule has 24 heavy (non-hydrogen) atoms. The quantitative estimate of drug-likeness (QED) is 0.929. The van der Waals surface area contributed by atoms with E-state index >= 15 is 0 Å². The number of aliphatic hydroxyl groups is 1. The molecule has 2 heterocycles. The molecule has 1 N–H and O–H groups in total. The lowest BCUT2D eigenvalue weighted by atomic mass is 9.81. The van der Waals surface area contributed by atoms with Crippen molar-refractivity contribution in [2.75, 3.05) is 13.1 Å². The maximum atomic E-state index is 10.4. The number of nitrogens with zero attached hydrogens (tertiary/aromatic N) is 2. The molecule has 1 aromatic heterocycles. The van der Waals surface area contributed by atoms with Crippen LogP contribution in [0, 0.1) is 17.2 Å². The van der Waals surface area contributed by atoms with Crippen molar-refractivity contribution in [3.63, 3.8) is 0 Å². The number of hydrogen-bond donors (Lipinski definition) is 1. The van der Waals surface area contributed by atoms with Crippen molar-refractivity contribution in [2.45, 2.75) is 38.8 Å². The van der Waals surface area contributed by atoms with Crippen LogP contribution in [0.2, 0.25) is 0 Å². The van der Waals surface area contributed by atoms with Crippen LogP contribution in [0.1, 0.15) is 38.0 Å². The minimum absolute atomic E-state index is 0.292. The van der Waals surface area contributed by atoms with Crippen molar-refractivity contribution in [3.05, 3.63) is 47.7 Å². The molecule has 0 unspecified atom stereocenters. The number of likely N-dealkylation sites (tertiary alicyclic amines) is 1. The number of nitriles is 1. The van der Waals surface area contributed by atoms with Crippen LogP contribution in [-0.4, -0.2) is 28.7 Å². The lowest BCUT2D eigenvalue weighted by Gasteiger charge is -2.42. The maximum absolute atomic E-state index is 10.4. The third-order valence-corrected chi connectivity index (χ3v) is 5.14. The van der Waals surface area contributed by atoms with Crippen molar-refractivity contribution in [2.24, 2.45) is 5.92 Å². The summed E-state index contributed by atoms with van der Waals surface area (Å²) in [5.41, 5.74) is 0.892. The van der Waals surface area contributed by atoms with Gasteiger partial charge in [-0.25, -0.2) is 0 Å². The summed E-state index contributed by atoms with van der Waals surface area (Å²) in [6.45, 7) is 6.57. The fraction of sp³-hybridized carbons (Fsp3) is 0.450. The van der Waals surface area contributed by atoms with Crippen LogP contribution in [0.15, 0.2) is 40.8 Å². The molecule has 1 aliphatic rings. The largest absolute Gasteiger partial charge is 0.460 e. The molecule has 3 rings (SSSR count). The number of rotatable bonds is 4. The molecule has 1 fully saturated rings. The SMILES string of the molecule is CC[C@@H]1CN(Cc2ccc(-c3ccccc3C#N)o2)CC[C@]1(C)O. The van der Waals surface area contributed by atoms with E-state index in [1.165, 1.54) is 0 Å². The van der Waals surface area contributed by atoms with Gasteiger partial charge in [-0.1, -0.05) is 19.1 Å². The Bertz CT molecular complexity index is 742. The Morgan fingerprint density at radius 2 is 2.12 bits per heavy atom. The highest BCUT2D eigenvalue weighted by atomic mass is 16.3. The molecular formula is C20H24N2O2. The standard InChI is InChI=1S/C20H24N2O2/c1-3-16-13-22(11-10-20(16,2)23)14-17-8-9-19(24-17)18-7-5-4-6-15(18)12-21/h4-9,16,23H,3,10-11,13-14H2,1-2H3/t16-,20+/m1/s1. The summed E-state index contributed by atoms with van der Waals surface area (Å²) in [4.78, 5) is 2.34. The second-order valence-corrected chi connectivity index (χ2v) is 6.87. The fourth-order valence-electron chi connectivity index (χ4n) is 3.52. The van der Waals surface area contributed by atoms with Gasteiger partial charge in [0.2, 0.25) is 0 Å². The van der Waals surface area contributed by atoms with E-state index in [9.17, 15) is 10.4 Å². The molecule has 0 spiro atoms. The van der Waals surface area contributed by atoms with Crippen LogP contribution < -0.4 is 0 Å². The Hall–Kier alpha value is -2.09. The van der Waals surface area contributed by atoms with Gasteiger partial charge in [0.15, 0.2) is 0 Å². The average Bonchev–Trinajstić information content (AvgIpc) is 3.04. The molecule has 1 aromatic carbocycles. The topological polar surface area (TPSA) is 60.4 Å². The van der Waals surface area contributed by atoms with E-state index in [-0.39, 0.29) is 0 Å². The zero-order valence-electron chi connectivity index (χ0n) is 14.3. The Morgan fingerprint density at radius 1 is 1.33 bits per heavy atom. The van der Waals surface area contributed by atoms with Crippen molar-refractivity contribution >= 4 is 0 Å². The first-order valence-electron chi connectivity index (χ1n) is 8.56. The lowest BCUT2D eigenvalue weighted by Crippen LogP contribution is -2.49. The van der Waals surface area contributed by atoms with Gasteiger partial charge >= 0.3 is 0 Å². The number of hydrogen-bond acceptors (Lipinski definition) is 4. The highest BCUT2D eigenvalue weighted by Gasteiger charge is 2.36. The van der Waals surface area contributed by atoms with Crippen LogP contribution in [-0.2, 0) is 6.54 Å². The second-order valence-electron chi connectivity index (χ2n) is 6.87. The zero-order valence-corrected chi connectivity index (χ0v) is 14.3. The minimum atomic E-state index is -0.564. The molecular weight excluding hydrogens is 300 g/mol. The van der Waals surface area contributed by atoms with Gasteiger partial charge in [-0.05, 0) is 49.9 Å². The molecule has 0 bridgehead atoms. The Balaban J connectivity index is 1.72. The maximum Gasteiger partial charge on any atom is 0.135 e. The number of piperidine rings is 1. The molecule has 1 saturated heterocycles. The summed E-state index contributed by atoms with van der Waals surface area (Å²) in [6, 6.07) is 13.6. The first-order chi connectivity index (χ1) is 11.5.